The number of hydrogen-bond acceptors (Lipinski definition) is 1. The third-order valence-electron chi connectivity index (χ3n) is 1.73. The van der Waals surface area contributed by atoms with Crippen molar-refractivity contribution in [2.24, 2.45) is 5.73 Å². The summed E-state index contributed by atoms with van der Waals surface area (Å²) >= 11 is 0. The molecule has 72 valence electrons. The second kappa shape index (κ2) is 4.28. The van der Waals surface area contributed by atoms with Crippen LogP contribution in [-0.2, 0) is 0 Å². The van der Waals surface area contributed by atoms with Crippen LogP contribution in [0.1, 0.15) is 18.0 Å². The second-order valence-electron chi connectivity index (χ2n) is 2.78. The number of rotatable bonds is 3. The molecule has 0 heterocycles. The predicted molar refractivity (Wildman–Crippen MR) is 43.9 cm³/mol. The lowest BCUT2D eigenvalue weighted by Crippen LogP contribution is -2.13. The van der Waals surface area contributed by atoms with Crippen LogP contribution in [0.15, 0.2) is 24.3 Å². The lowest BCUT2D eigenvalue weighted by atomic mass is 10.1. The van der Waals surface area contributed by atoms with Crippen LogP contribution in [0.25, 0.3) is 0 Å². The molecule has 0 radical (unpaired) electrons. The Morgan fingerprint density at radius 2 is 1.69 bits per heavy atom. The van der Waals surface area contributed by atoms with Crippen molar-refractivity contribution in [3.63, 3.8) is 0 Å². The van der Waals surface area contributed by atoms with Crippen molar-refractivity contribution in [1.29, 1.82) is 0 Å². The second-order valence-corrected chi connectivity index (χ2v) is 2.78. The molecular weight excluding hydrogens is 179 g/mol. The minimum absolute atomic E-state index is 0.395. The average Bonchev–Trinajstić information content (AvgIpc) is 2.04. The quantitative estimate of drug-likeness (QED) is 0.776. The summed E-state index contributed by atoms with van der Waals surface area (Å²) in [5.74, 6) is -0.395. The van der Waals surface area contributed by atoms with Gasteiger partial charge in [-0.15, -0.1) is 0 Å². The Labute approximate surface area is 74.4 Å². The zero-order valence-corrected chi connectivity index (χ0v) is 6.88. The molecule has 1 atom stereocenters. The molecule has 1 rings (SSSR count). The van der Waals surface area contributed by atoms with Crippen LogP contribution in [0, 0.1) is 5.82 Å². The van der Waals surface area contributed by atoms with Crippen molar-refractivity contribution in [3.8, 4) is 0 Å². The Kier molecular flexibility index (Phi) is 3.31. The fourth-order valence-corrected chi connectivity index (χ4v) is 1.04. The van der Waals surface area contributed by atoms with Crippen molar-refractivity contribution < 1.29 is 13.2 Å². The van der Waals surface area contributed by atoms with E-state index in [1.165, 1.54) is 24.3 Å². The molecule has 0 aromatic heterocycles. The topological polar surface area (TPSA) is 26.0 Å². The number of alkyl halides is 2. The highest BCUT2D eigenvalue weighted by Crippen LogP contribution is 2.17. The summed E-state index contributed by atoms with van der Waals surface area (Å²) in [5.41, 5.74) is 5.97. The van der Waals surface area contributed by atoms with E-state index < -0.39 is 24.7 Å². The van der Waals surface area contributed by atoms with Gasteiger partial charge in [0, 0.05) is 12.5 Å². The number of hydrogen-bond donors (Lipinski definition) is 1. The zero-order valence-electron chi connectivity index (χ0n) is 6.88. The van der Waals surface area contributed by atoms with Crippen molar-refractivity contribution in [2.45, 2.75) is 18.9 Å². The monoisotopic (exact) mass is 189 g/mol. The van der Waals surface area contributed by atoms with Gasteiger partial charge in [-0.1, -0.05) is 12.1 Å². The third kappa shape index (κ3) is 3.06. The molecule has 2 N–H and O–H groups in total. The first-order valence-corrected chi connectivity index (χ1v) is 3.89. The number of halogens is 3. The molecule has 0 amide bonds. The van der Waals surface area contributed by atoms with Crippen molar-refractivity contribution >= 4 is 0 Å². The first-order chi connectivity index (χ1) is 6.09. The maximum atomic E-state index is 12.4. The van der Waals surface area contributed by atoms with Gasteiger partial charge in [0.15, 0.2) is 0 Å². The molecule has 4 heteroatoms. The van der Waals surface area contributed by atoms with Crippen LogP contribution >= 0.6 is 0 Å². The first kappa shape index (κ1) is 10.1. The summed E-state index contributed by atoms with van der Waals surface area (Å²) in [6.07, 6.45) is -2.83. The molecule has 1 aromatic rings. The molecule has 0 unspecified atom stereocenters. The van der Waals surface area contributed by atoms with Gasteiger partial charge in [0.2, 0.25) is 6.43 Å². The Morgan fingerprint density at radius 1 is 1.15 bits per heavy atom. The minimum Gasteiger partial charge on any atom is -0.324 e. The van der Waals surface area contributed by atoms with Crippen molar-refractivity contribution in [2.75, 3.05) is 0 Å². The molecule has 0 saturated carbocycles. The van der Waals surface area contributed by atoms with Crippen LogP contribution < -0.4 is 5.73 Å². The van der Waals surface area contributed by atoms with E-state index in [9.17, 15) is 13.2 Å². The van der Waals surface area contributed by atoms with Gasteiger partial charge < -0.3 is 5.73 Å². The molecule has 0 aliphatic rings. The molecule has 0 bridgehead atoms. The molecule has 0 saturated heterocycles. The van der Waals surface area contributed by atoms with Gasteiger partial charge in [-0.2, -0.15) is 0 Å². The highest BCUT2D eigenvalue weighted by Gasteiger charge is 2.12. The Balaban J connectivity index is 2.66. The zero-order chi connectivity index (χ0) is 9.84. The first-order valence-electron chi connectivity index (χ1n) is 3.89. The summed E-state index contributed by atoms with van der Waals surface area (Å²) in [6.45, 7) is 0. The average molecular weight is 189 g/mol. The minimum atomic E-state index is -2.43. The van der Waals surface area contributed by atoms with Crippen LogP contribution in [0.4, 0.5) is 13.2 Å². The molecule has 0 spiro atoms. The van der Waals surface area contributed by atoms with Crippen LogP contribution in [0.3, 0.4) is 0 Å². The molecular formula is C9H10F3N. The van der Waals surface area contributed by atoms with E-state index in [2.05, 4.69) is 0 Å². The van der Waals surface area contributed by atoms with E-state index in [4.69, 9.17) is 5.73 Å². The maximum Gasteiger partial charge on any atom is 0.240 e. The van der Waals surface area contributed by atoms with E-state index in [1.807, 2.05) is 0 Å². The summed E-state index contributed by atoms with van der Waals surface area (Å²) in [5, 5.41) is 0. The Morgan fingerprint density at radius 3 is 2.15 bits per heavy atom. The van der Waals surface area contributed by atoms with Gasteiger partial charge in [-0.25, -0.2) is 13.2 Å². The van der Waals surface area contributed by atoms with E-state index in [0.717, 1.165) is 0 Å². The van der Waals surface area contributed by atoms with Crippen molar-refractivity contribution in [1.82, 2.24) is 0 Å². The fourth-order valence-electron chi connectivity index (χ4n) is 1.04. The maximum absolute atomic E-state index is 12.4. The third-order valence-corrected chi connectivity index (χ3v) is 1.73. The van der Waals surface area contributed by atoms with E-state index in [1.54, 1.807) is 0 Å². The molecule has 0 aliphatic carbocycles. The van der Waals surface area contributed by atoms with Gasteiger partial charge in [0.25, 0.3) is 0 Å². The Bertz CT molecular complexity index is 258. The lowest BCUT2D eigenvalue weighted by Gasteiger charge is -2.10. The standard InChI is InChI=1S/C9H10F3N/c10-7-3-1-6(2-4-7)8(13)5-9(11)12/h1-4,8-9H,5,13H2/t8-/m1/s1. The molecule has 0 aliphatic heterocycles. The fraction of sp³-hybridized carbons (Fsp3) is 0.333. The lowest BCUT2D eigenvalue weighted by molar-refractivity contribution is 0.128. The molecule has 0 fully saturated rings. The number of benzene rings is 1. The molecule has 1 nitrogen and oxygen atoms in total. The number of nitrogens with two attached hydrogens (primary N) is 1. The van der Waals surface area contributed by atoms with Gasteiger partial charge in [-0.3, -0.25) is 0 Å². The largest absolute Gasteiger partial charge is 0.324 e. The van der Waals surface area contributed by atoms with Crippen LogP contribution in [0.5, 0.6) is 0 Å². The van der Waals surface area contributed by atoms with E-state index >= 15 is 0 Å². The summed E-state index contributed by atoms with van der Waals surface area (Å²) < 4.78 is 36.2. The Hall–Kier alpha value is -1.03. The van der Waals surface area contributed by atoms with Crippen LogP contribution in [0.2, 0.25) is 0 Å². The summed E-state index contributed by atoms with van der Waals surface area (Å²) in [6, 6.07) is 4.53. The summed E-state index contributed by atoms with van der Waals surface area (Å²) in [7, 11) is 0. The van der Waals surface area contributed by atoms with Gasteiger partial charge in [0.1, 0.15) is 5.82 Å². The van der Waals surface area contributed by atoms with Crippen LogP contribution in [-0.4, -0.2) is 6.43 Å². The normalized spacial score (nSPS) is 13.3. The highest BCUT2D eigenvalue weighted by molar-refractivity contribution is 5.19. The highest BCUT2D eigenvalue weighted by atomic mass is 19.3. The van der Waals surface area contributed by atoms with Gasteiger partial charge in [-0.05, 0) is 17.7 Å². The van der Waals surface area contributed by atoms with E-state index in [0.29, 0.717) is 5.56 Å². The molecule has 13 heavy (non-hydrogen) atoms. The van der Waals surface area contributed by atoms with Gasteiger partial charge in [0.05, 0.1) is 0 Å². The predicted octanol–water partition coefficient (Wildman–Crippen LogP) is 2.48. The molecule has 1 aromatic carbocycles. The van der Waals surface area contributed by atoms with E-state index in [-0.39, 0.29) is 0 Å². The van der Waals surface area contributed by atoms with Gasteiger partial charge >= 0.3 is 0 Å². The smallest absolute Gasteiger partial charge is 0.240 e. The SMILES string of the molecule is N[C@H](CC(F)F)c1ccc(F)cc1. The summed E-state index contributed by atoms with van der Waals surface area (Å²) in [4.78, 5) is 0. The van der Waals surface area contributed by atoms with Crippen molar-refractivity contribution in [3.05, 3.63) is 35.6 Å².